The van der Waals surface area contributed by atoms with Crippen LogP contribution in [-0.2, 0) is 11.3 Å². The highest BCUT2D eigenvalue weighted by Gasteiger charge is 2.18. The van der Waals surface area contributed by atoms with E-state index in [-0.39, 0.29) is 16.1 Å². The Labute approximate surface area is 125 Å². The van der Waals surface area contributed by atoms with Gasteiger partial charge in [-0.2, -0.15) is 0 Å². The number of furan rings is 1. The quantitative estimate of drug-likeness (QED) is 0.827. The van der Waals surface area contributed by atoms with E-state index < -0.39 is 11.9 Å². The Kier molecular flexibility index (Phi) is 4.49. The average Bonchev–Trinajstić information content (AvgIpc) is 2.97. The fourth-order valence-corrected chi connectivity index (χ4v) is 2.04. The van der Waals surface area contributed by atoms with Crippen molar-refractivity contribution in [1.29, 1.82) is 0 Å². The molecule has 0 unspecified atom stereocenters. The summed E-state index contributed by atoms with van der Waals surface area (Å²) in [4.78, 5) is 23.1. The van der Waals surface area contributed by atoms with E-state index in [1.54, 1.807) is 18.4 Å². The second-order valence-electron chi connectivity index (χ2n) is 4.17. The van der Waals surface area contributed by atoms with Crippen LogP contribution in [0.25, 0.3) is 0 Å². The molecule has 7 heteroatoms. The summed E-state index contributed by atoms with van der Waals surface area (Å²) in [6.07, 6.45) is 1.54. The summed E-state index contributed by atoms with van der Waals surface area (Å²) < 4.78 is 9.88. The molecule has 1 aromatic carbocycles. The molecule has 21 heavy (non-hydrogen) atoms. The van der Waals surface area contributed by atoms with Crippen LogP contribution in [-0.4, -0.2) is 19.0 Å². The first-order valence-electron chi connectivity index (χ1n) is 6.01. The number of carbonyl (C=O) groups excluding carboxylic acids is 2. The van der Waals surface area contributed by atoms with Crippen LogP contribution in [0.2, 0.25) is 5.02 Å². The molecular formula is C14H13ClN2O4. The number of methoxy groups -OCH3 is 1. The van der Waals surface area contributed by atoms with Gasteiger partial charge in [-0.1, -0.05) is 11.6 Å². The molecule has 1 heterocycles. The summed E-state index contributed by atoms with van der Waals surface area (Å²) in [6.45, 7) is 0.350. The van der Waals surface area contributed by atoms with Crippen LogP contribution >= 0.6 is 11.6 Å². The molecule has 0 saturated carbocycles. The van der Waals surface area contributed by atoms with Gasteiger partial charge in [-0.05, 0) is 24.3 Å². The molecule has 0 atom stereocenters. The fraction of sp³-hybridized carbons (Fsp3) is 0.143. The van der Waals surface area contributed by atoms with Crippen LogP contribution in [0.4, 0.5) is 5.69 Å². The van der Waals surface area contributed by atoms with E-state index >= 15 is 0 Å². The van der Waals surface area contributed by atoms with Crippen molar-refractivity contribution in [2.75, 3.05) is 12.4 Å². The molecule has 0 aliphatic rings. The largest absolute Gasteiger partial charge is 0.467 e. The van der Waals surface area contributed by atoms with Crippen LogP contribution < -0.4 is 11.1 Å². The lowest BCUT2D eigenvalue weighted by Gasteiger charge is -2.12. The number of hydrogen-bond donors (Lipinski definition) is 2. The number of halogens is 1. The summed E-state index contributed by atoms with van der Waals surface area (Å²) in [5.74, 6) is -0.639. The Morgan fingerprint density at radius 2 is 2.14 bits per heavy atom. The van der Waals surface area contributed by atoms with E-state index in [1.807, 2.05) is 0 Å². The number of anilines is 1. The number of carbonyl (C=O) groups is 2. The van der Waals surface area contributed by atoms with Gasteiger partial charge >= 0.3 is 5.97 Å². The van der Waals surface area contributed by atoms with Gasteiger partial charge in [0.2, 0.25) is 5.91 Å². The highest BCUT2D eigenvalue weighted by Crippen LogP contribution is 2.26. The second-order valence-corrected chi connectivity index (χ2v) is 4.57. The van der Waals surface area contributed by atoms with Gasteiger partial charge in [0.15, 0.2) is 0 Å². The van der Waals surface area contributed by atoms with E-state index in [4.69, 9.17) is 26.5 Å². The fourth-order valence-electron chi connectivity index (χ4n) is 1.78. The number of benzene rings is 1. The number of nitrogens with one attached hydrogen (secondary N) is 1. The number of esters is 1. The molecular weight excluding hydrogens is 296 g/mol. The van der Waals surface area contributed by atoms with Gasteiger partial charge < -0.3 is 20.2 Å². The molecule has 6 nitrogen and oxygen atoms in total. The van der Waals surface area contributed by atoms with E-state index in [2.05, 4.69) is 5.32 Å². The molecule has 0 aliphatic heterocycles. The van der Waals surface area contributed by atoms with Gasteiger partial charge in [-0.25, -0.2) is 4.79 Å². The van der Waals surface area contributed by atoms with Crippen LogP contribution in [0.1, 0.15) is 26.5 Å². The van der Waals surface area contributed by atoms with Crippen LogP contribution in [0.5, 0.6) is 0 Å². The standard InChI is InChI=1S/C14H13ClN2O4/c1-20-14(19)10-5-9(13(16)18)11(15)6-12(10)17-7-8-3-2-4-21-8/h2-6,17H,7H2,1H3,(H2,16,18). The minimum absolute atomic E-state index is 0.0561. The smallest absolute Gasteiger partial charge is 0.339 e. The SMILES string of the molecule is COC(=O)c1cc(C(N)=O)c(Cl)cc1NCc1ccco1. The number of rotatable bonds is 5. The first-order valence-corrected chi connectivity index (χ1v) is 6.38. The first kappa shape index (κ1) is 14.9. The van der Waals surface area contributed by atoms with Crippen molar-refractivity contribution >= 4 is 29.2 Å². The average molecular weight is 309 g/mol. The molecule has 0 radical (unpaired) electrons. The van der Waals surface area contributed by atoms with Crippen molar-refractivity contribution in [1.82, 2.24) is 0 Å². The summed E-state index contributed by atoms with van der Waals surface area (Å²) in [5, 5.41) is 3.16. The zero-order valence-electron chi connectivity index (χ0n) is 11.2. The van der Waals surface area contributed by atoms with Gasteiger partial charge in [0.1, 0.15) is 5.76 Å². The Balaban J connectivity index is 2.35. The Morgan fingerprint density at radius 3 is 2.71 bits per heavy atom. The van der Waals surface area contributed by atoms with Gasteiger partial charge in [0.25, 0.3) is 0 Å². The Hall–Kier alpha value is -2.47. The molecule has 1 aromatic heterocycles. The molecule has 0 saturated heterocycles. The van der Waals surface area contributed by atoms with Crippen molar-refractivity contribution < 1.29 is 18.7 Å². The van der Waals surface area contributed by atoms with Crippen molar-refractivity contribution in [2.45, 2.75) is 6.54 Å². The number of hydrogen-bond acceptors (Lipinski definition) is 5. The molecule has 3 N–H and O–H groups in total. The van der Waals surface area contributed by atoms with Gasteiger partial charge in [0.05, 0.1) is 41.8 Å². The molecule has 0 bridgehead atoms. The minimum Gasteiger partial charge on any atom is -0.467 e. The lowest BCUT2D eigenvalue weighted by Crippen LogP contribution is -2.15. The van der Waals surface area contributed by atoms with Gasteiger partial charge in [0, 0.05) is 0 Å². The van der Waals surface area contributed by atoms with Crippen LogP contribution in [0.3, 0.4) is 0 Å². The molecule has 0 spiro atoms. The predicted octanol–water partition coefficient (Wildman–Crippen LogP) is 2.43. The molecule has 2 rings (SSSR count). The summed E-state index contributed by atoms with van der Waals surface area (Å²) in [7, 11) is 1.25. The summed E-state index contributed by atoms with van der Waals surface area (Å²) >= 11 is 5.99. The third-order valence-corrected chi connectivity index (χ3v) is 3.12. The lowest BCUT2D eigenvalue weighted by molar-refractivity contribution is 0.0602. The topological polar surface area (TPSA) is 94.6 Å². The van der Waals surface area contributed by atoms with Crippen LogP contribution in [0, 0.1) is 0 Å². The maximum Gasteiger partial charge on any atom is 0.339 e. The predicted molar refractivity (Wildman–Crippen MR) is 77.3 cm³/mol. The highest BCUT2D eigenvalue weighted by molar-refractivity contribution is 6.34. The number of nitrogens with two attached hydrogens (primary N) is 1. The normalized spacial score (nSPS) is 10.2. The summed E-state index contributed by atoms with van der Waals surface area (Å²) in [5.41, 5.74) is 5.86. The monoisotopic (exact) mass is 308 g/mol. The molecule has 2 aromatic rings. The Bertz CT molecular complexity index is 668. The maximum absolute atomic E-state index is 11.8. The summed E-state index contributed by atoms with van der Waals surface area (Å²) in [6, 6.07) is 6.30. The Morgan fingerprint density at radius 1 is 1.38 bits per heavy atom. The van der Waals surface area contributed by atoms with Crippen molar-refractivity contribution in [2.24, 2.45) is 5.73 Å². The van der Waals surface area contributed by atoms with Crippen molar-refractivity contribution in [3.63, 3.8) is 0 Å². The number of amides is 1. The van der Waals surface area contributed by atoms with E-state index in [9.17, 15) is 9.59 Å². The molecule has 110 valence electrons. The van der Waals surface area contributed by atoms with Crippen molar-refractivity contribution in [3.05, 3.63) is 52.4 Å². The van der Waals surface area contributed by atoms with Gasteiger partial charge in [-0.3, -0.25) is 4.79 Å². The molecule has 0 fully saturated rings. The van der Waals surface area contributed by atoms with E-state index in [0.717, 1.165) is 0 Å². The molecule has 0 aliphatic carbocycles. The van der Waals surface area contributed by atoms with Crippen molar-refractivity contribution in [3.8, 4) is 0 Å². The third-order valence-electron chi connectivity index (χ3n) is 2.81. The van der Waals surface area contributed by atoms with Gasteiger partial charge in [-0.15, -0.1) is 0 Å². The third kappa shape index (κ3) is 3.35. The second kappa shape index (κ2) is 6.32. The zero-order valence-corrected chi connectivity index (χ0v) is 11.9. The maximum atomic E-state index is 11.8. The van der Waals surface area contributed by atoms with E-state index in [1.165, 1.54) is 19.2 Å². The minimum atomic E-state index is -0.720. The zero-order chi connectivity index (χ0) is 15.4. The lowest BCUT2D eigenvalue weighted by atomic mass is 10.1. The molecule has 1 amide bonds. The first-order chi connectivity index (χ1) is 10.0. The van der Waals surface area contributed by atoms with E-state index in [0.29, 0.717) is 18.0 Å². The number of primary amides is 1. The number of ether oxygens (including phenoxy) is 1. The highest BCUT2D eigenvalue weighted by atomic mass is 35.5. The van der Waals surface area contributed by atoms with Crippen LogP contribution in [0.15, 0.2) is 34.9 Å².